The van der Waals surface area contributed by atoms with Gasteiger partial charge in [-0.15, -0.1) is 0 Å². The molecule has 28 heavy (non-hydrogen) atoms. The highest BCUT2D eigenvalue weighted by atomic mass is 35.5. The Morgan fingerprint density at radius 1 is 1.25 bits per heavy atom. The molecule has 0 fully saturated rings. The molecule has 2 aromatic carbocycles. The third-order valence-corrected chi connectivity index (χ3v) is 5.72. The van der Waals surface area contributed by atoms with E-state index in [9.17, 15) is 23.3 Å². The Kier molecular flexibility index (Phi) is 6.30. The van der Waals surface area contributed by atoms with Gasteiger partial charge in [-0.3, -0.25) is 19.2 Å². The quantitative estimate of drug-likeness (QED) is 0.561. The van der Waals surface area contributed by atoms with Crippen LogP contribution in [0.25, 0.3) is 0 Å². The molecule has 0 aliphatic rings. The molecule has 0 aliphatic heterocycles. The summed E-state index contributed by atoms with van der Waals surface area (Å²) in [6.45, 7) is 4.65. The number of carbonyl (C=O) groups excluding carboxylic acids is 1. The predicted octanol–water partition coefficient (Wildman–Crippen LogP) is 3.66. The number of nitrogens with zero attached hydrogens (tertiary/aromatic N) is 2. The third-order valence-electron chi connectivity index (χ3n) is 4.26. The molecule has 0 spiro atoms. The molecule has 0 heterocycles. The molecule has 150 valence electrons. The van der Waals surface area contributed by atoms with Crippen molar-refractivity contribution in [2.45, 2.75) is 26.8 Å². The van der Waals surface area contributed by atoms with Crippen molar-refractivity contribution in [1.82, 2.24) is 0 Å². The highest BCUT2D eigenvalue weighted by molar-refractivity contribution is 7.92. The molecule has 1 N–H and O–H groups in total. The van der Waals surface area contributed by atoms with Gasteiger partial charge in [-0.25, -0.2) is 8.42 Å². The number of amides is 1. The van der Waals surface area contributed by atoms with Gasteiger partial charge in [-0.1, -0.05) is 23.7 Å². The van der Waals surface area contributed by atoms with Crippen molar-refractivity contribution in [3.63, 3.8) is 0 Å². The van der Waals surface area contributed by atoms with Gasteiger partial charge in [0.15, 0.2) is 0 Å². The Balaban J connectivity index is 2.42. The Labute approximate surface area is 168 Å². The minimum atomic E-state index is -3.82. The summed E-state index contributed by atoms with van der Waals surface area (Å²) in [7, 11) is -3.82. The molecule has 1 amide bonds. The average Bonchev–Trinajstić information content (AvgIpc) is 2.58. The second kappa shape index (κ2) is 8.15. The van der Waals surface area contributed by atoms with Crippen molar-refractivity contribution >= 4 is 44.6 Å². The second-order valence-electron chi connectivity index (χ2n) is 6.36. The first kappa shape index (κ1) is 21.6. The van der Waals surface area contributed by atoms with Gasteiger partial charge in [0.1, 0.15) is 6.04 Å². The molecule has 2 aromatic rings. The lowest BCUT2D eigenvalue weighted by Crippen LogP contribution is -2.45. The molecule has 0 aromatic heterocycles. The lowest BCUT2D eigenvalue weighted by atomic mass is 10.1. The van der Waals surface area contributed by atoms with Crippen molar-refractivity contribution in [1.29, 1.82) is 0 Å². The largest absolute Gasteiger partial charge is 0.324 e. The maximum absolute atomic E-state index is 12.8. The van der Waals surface area contributed by atoms with Gasteiger partial charge in [-0.2, -0.15) is 0 Å². The summed E-state index contributed by atoms with van der Waals surface area (Å²) in [5.74, 6) is -0.631. The summed E-state index contributed by atoms with van der Waals surface area (Å²) in [4.78, 5) is 23.3. The number of nitrogens with one attached hydrogen (secondary N) is 1. The second-order valence-corrected chi connectivity index (χ2v) is 8.66. The minimum Gasteiger partial charge on any atom is -0.324 e. The fourth-order valence-electron chi connectivity index (χ4n) is 2.79. The Hall–Kier alpha value is -2.65. The van der Waals surface area contributed by atoms with Crippen LogP contribution in [0.15, 0.2) is 36.4 Å². The van der Waals surface area contributed by atoms with E-state index in [1.54, 1.807) is 19.1 Å². The van der Waals surface area contributed by atoms with Crippen LogP contribution in [0, 0.1) is 24.0 Å². The fourth-order valence-corrected chi connectivity index (χ4v) is 4.19. The Bertz CT molecular complexity index is 1040. The van der Waals surface area contributed by atoms with Crippen LogP contribution >= 0.6 is 11.6 Å². The lowest BCUT2D eigenvalue weighted by molar-refractivity contribution is -0.385. The van der Waals surface area contributed by atoms with Crippen LogP contribution in [-0.4, -0.2) is 31.5 Å². The monoisotopic (exact) mass is 425 g/mol. The van der Waals surface area contributed by atoms with Gasteiger partial charge in [0.05, 0.1) is 28.1 Å². The predicted molar refractivity (Wildman–Crippen MR) is 109 cm³/mol. The number of hydrogen-bond donors (Lipinski definition) is 1. The van der Waals surface area contributed by atoms with Gasteiger partial charge in [0, 0.05) is 11.1 Å². The maximum atomic E-state index is 12.8. The van der Waals surface area contributed by atoms with Crippen LogP contribution < -0.4 is 9.62 Å². The van der Waals surface area contributed by atoms with Crippen molar-refractivity contribution < 1.29 is 18.1 Å². The van der Waals surface area contributed by atoms with Crippen molar-refractivity contribution in [3.8, 4) is 0 Å². The van der Waals surface area contributed by atoms with Crippen molar-refractivity contribution in [2.24, 2.45) is 0 Å². The first-order chi connectivity index (χ1) is 12.9. The Morgan fingerprint density at radius 2 is 1.89 bits per heavy atom. The van der Waals surface area contributed by atoms with E-state index in [1.807, 2.05) is 0 Å². The summed E-state index contributed by atoms with van der Waals surface area (Å²) in [5, 5.41) is 14.0. The number of anilines is 2. The van der Waals surface area contributed by atoms with E-state index >= 15 is 0 Å². The van der Waals surface area contributed by atoms with Crippen LogP contribution in [0.4, 0.5) is 17.1 Å². The SMILES string of the molecule is Cc1ccc(Cl)cc1N([C@H](C)C(=O)Nc1cccc([N+](=O)[O-])c1C)S(C)(=O)=O. The van der Waals surface area contributed by atoms with Gasteiger partial charge in [0.25, 0.3) is 5.69 Å². The average molecular weight is 426 g/mol. The molecular formula is C18H20ClN3O5S. The van der Waals surface area contributed by atoms with Crippen molar-refractivity contribution in [2.75, 3.05) is 15.9 Å². The molecule has 0 saturated heterocycles. The smallest absolute Gasteiger partial charge is 0.274 e. The Morgan fingerprint density at radius 3 is 2.46 bits per heavy atom. The number of carbonyl (C=O) groups is 1. The number of benzene rings is 2. The summed E-state index contributed by atoms with van der Waals surface area (Å²) < 4.78 is 25.8. The highest BCUT2D eigenvalue weighted by Crippen LogP contribution is 2.29. The third kappa shape index (κ3) is 4.60. The van der Waals surface area contributed by atoms with Gasteiger partial charge in [-0.05, 0) is 44.5 Å². The first-order valence-electron chi connectivity index (χ1n) is 8.24. The number of sulfonamides is 1. The molecule has 8 nitrogen and oxygen atoms in total. The van der Waals surface area contributed by atoms with E-state index in [4.69, 9.17) is 11.6 Å². The molecule has 0 bridgehead atoms. The van der Waals surface area contributed by atoms with Crippen LogP contribution in [0.5, 0.6) is 0 Å². The molecule has 0 unspecified atom stereocenters. The fraction of sp³-hybridized carbons (Fsp3) is 0.278. The van der Waals surface area contributed by atoms with Crippen LogP contribution in [0.2, 0.25) is 5.02 Å². The molecule has 0 radical (unpaired) electrons. The number of hydrogen-bond acceptors (Lipinski definition) is 5. The normalized spacial score (nSPS) is 12.3. The molecule has 2 rings (SSSR count). The standard InChI is InChI=1S/C18H20ClN3O5S/c1-11-8-9-14(19)10-17(11)21(28(4,26)27)13(3)18(23)20-15-6-5-7-16(12(15)2)22(24)25/h5-10,13H,1-4H3,(H,20,23)/t13-/m1/s1. The van der Waals surface area contributed by atoms with Gasteiger partial charge >= 0.3 is 0 Å². The number of nitro groups is 1. The van der Waals surface area contributed by atoms with Gasteiger partial charge < -0.3 is 5.32 Å². The summed E-state index contributed by atoms with van der Waals surface area (Å²) in [6, 6.07) is 7.92. The lowest BCUT2D eigenvalue weighted by Gasteiger charge is -2.29. The number of nitro benzene ring substituents is 1. The molecule has 0 saturated carbocycles. The minimum absolute atomic E-state index is 0.142. The zero-order valence-electron chi connectivity index (χ0n) is 15.8. The number of rotatable bonds is 6. The topological polar surface area (TPSA) is 110 Å². The van der Waals surface area contributed by atoms with E-state index in [-0.39, 0.29) is 22.6 Å². The molecular weight excluding hydrogens is 406 g/mol. The van der Waals surface area contributed by atoms with E-state index in [0.29, 0.717) is 10.6 Å². The van der Waals surface area contributed by atoms with E-state index in [1.165, 1.54) is 38.1 Å². The number of aryl methyl sites for hydroxylation is 1. The van der Waals surface area contributed by atoms with E-state index < -0.39 is 26.9 Å². The summed E-state index contributed by atoms with van der Waals surface area (Å²) in [6.07, 6.45) is 0.996. The van der Waals surface area contributed by atoms with E-state index in [0.717, 1.165) is 10.6 Å². The van der Waals surface area contributed by atoms with Gasteiger partial charge in [0.2, 0.25) is 15.9 Å². The highest BCUT2D eigenvalue weighted by Gasteiger charge is 2.31. The molecule has 0 aliphatic carbocycles. The summed E-state index contributed by atoms with van der Waals surface area (Å²) >= 11 is 6.01. The zero-order valence-corrected chi connectivity index (χ0v) is 17.3. The maximum Gasteiger partial charge on any atom is 0.274 e. The van der Waals surface area contributed by atoms with Crippen LogP contribution in [0.3, 0.4) is 0 Å². The first-order valence-corrected chi connectivity index (χ1v) is 10.5. The van der Waals surface area contributed by atoms with Crippen molar-refractivity contribution in [3.05, 3.63) is 62.7 Å². The van der Waals surface area contributed by atoms with Crippen LogP contribution in [-0.2, 0) is 14.8 Å². The van der Waals surface area contributed by atoms with Crippen LogP contribution in [0.1, 0.15) is 18.1 Å². The molecule has 10 heteroatoms. The number of halogens is 1. The molecule has 1 atom stereocenters. The summed E-state index contributed by atoms with van der Waals surface area (Å²) in [5.41, 5.74) is 1.28. The van der Waals surface area contributed by atoms with E-state index in [2.05, 4.69) is 5.32 Å². The zero-order chi connectivity index (χ0) is 21.2.